The van der Waals surface area contributed by atoms with E-state index in [0.717, 1.165) is 38.5 Å². The van der Waals surface area contributed by atoms with Gasteiger partial charge in [-0.05, 0) is 49.8 Å². The van der Waals surface area contributed by atoms with Crippen molar-refractivity contribution in [1.29, 1.82) is 0 Å². The van der Waals surface area contributed by atoms with E-state index >= 15 is 0 Å². The zero-order chi connectivity index (χ0) is 27.3. The van der Waals surface area contributed by atoms with Gasteiger partial charge in [0.2, 0.25) is 0 Å². The van der Waals surface area contributed by atoms with Crippen LogP contribution in [-0.2, 0) is 9.53 Å². The van der Waals surface area contributed by atoms with Gasteiger partial charge in [0.25, 0.3) is 5.56 Å². The molecule has 39 heavy (non-hydrogen) atoms. The topological polar surface area (TPSA) is 85.7 Å². The summed E-state index contributed by atoms with van der Waals surface area (Å²) in [6.45, 7) is 5.76. The lowest BCUT2D eigenvalue weighted by Crippen LogP contribution is -2.40. The zero-order valence-electron chi connectivity index (χ0n) is 22.1. The molecule has 0 aliphatic carbocycles. The molecule has 1 N–H and O–H groups in total. The van der Waals surface area contributed by atoms with Gasteiger partial charge in [0.15, 0.2) is 4.80 Å². The fourth-order valence-corrected chi connectivity index (χ4v) is 6.44. The molecule has 0 spiro atoms. The van der Waals surface area contributed by atoms with E-state index in [1.54, 1.807) is 25.5 Å². The smallest absolute Gasteiger partial charge is 0.338 e. The molecule has 7 nitrogen and oxygen atoms in total. The van der Waals surface area contributed by atoms with Crippen LogP contribution in [0.1, 0.15) is 36.7 Å². The van der Waals surface area contributed by atoms with Crippen LogP contribution in [0.15, 0.2) is 81.7 Å². The average Bonchev–Trinajstić information content (AvgIpc) is 3.42. The van der Waals surface area contributed by atoms with Crippen molar-refractivity contribution in [1.82, 2.24) is 9.55 Å². The first-order valence-corrected chi connectivity index (χ1v) is 13.6. The number of aromatic amines is 1. The van der Waals surface area contributed by atoms with Crippen molar-refractivity contribution in [2.45, 2.75) is 26.8 Å². The number of nitrogens with one attached hydrogen (secondary N) is 1. The van der Waals surface area contributed by atoms with Crippen LogP contribution in [0, 0.1) is 6.92 Å². The first kappa shape index (κ1) is 24.9. The summed E-state index contributed by atoms with van der Waals surface area (Å²) in [5, 5.41) is 2.90. The van der Waals surface area contributed by atoms with Gasteiger partial charge >= 0.3 is 5.97 Å². The summed E-state index contributed by atoms with van der Waals surface area (Å²) in [4.78, 5) is 36.2. The predicted octanol–water partition coefficient (Wildman–Crippen LogP) is 4.75. The number of rotatable bonds is 5. The van der Waals surface area contributed by atoms with Gasteiger partial charge in [0, 0.05) is 27.7 Å². The minimum Gasteiger partial charge on any atom is -0.496 e. The Morgan fingerprint density at radius 2 is 1.82 bits per heavy atom. The fraction of sp³-hybridized carbons (Fsp3) is 0.194. The highest BCUT2D eigenvalue weighted by Crippen LogP contribution is 2.40. The van der Waals surface area contributed by atoms with E-state index < -0.39 is 12.0 Å². The van der Waals surface area contributed by atoms with Crippen molar-refractivity contribution >= 4 is 45.1 Å². The van der Waals surface area contributed by atoms with Crippen LogP contribution in [-0.4, -0.2) is 29.2 Å². The monoisotopic (exact) mass is 537 g/mol. The molecule has 6 rings (SSSR count). The lowest BCUT2D eigenvalue weighted by atomic mass is 9.90. The van der Waals surface area contributed by atoms with Crippen LogP contribution >= 0.6 is 11.3 Å². The quantitative estimate of drug-likeness (QED) is 0.328. The standard InChI is InChI=1S/C31H27N3O4S/c1-5-38-30(36)26-18(3)33-31-34(28(26)27-20-11-7-6-10-19(20)14-15-24(27)37-4)29(35)25(39-31)16-22-17(2)32-23-13-9-8-12-21(22)23/h6-16,28,32H,5H2,1-4H3/b25-16-. The summed E-state index contributed by atoms with van der Waals surface area (Å²) >= 11 is 1.31. The van der Waals surface area contributed by atoms with E-state index in [9.17, 15) is 9.59 Å². The number of aromatic nitrogens is 2. The third kappa shape index (κ3) is 3.99. The number of para-hydroxylation sites is 1. The van der Waals surface area contributed by atoms with Crippen molar-refractivity contribution in [3.8, 4) is 5.75 Å². The number of nitrogens with zero attached hydrogens (tertiary/aromatic N) is 2. The van der Waals surface area contributed by atoms with Crippen LogP contribution in [0.5, 0.6) is 5.75 Å². The molecule has 0 saturated carbocycles. The second-order valence-electron chi connectivity index (χ2n) is 9.41. The maximum Gasteiger partial charge on any atom is 0.338 e. The molecule has 5 aromatic rings. The Kier molecular flexibility index (Phi) is 6.19. The van der Waals surface area contributed by atoms with Gasteiger partial charge in [0.05, 0.1) is 29.5 Å². The fourth-order valence-electron chi connectivity index (χ4n) is 5.42. The Morgan fingerprint density at radius 3 is 2.59 bits per heavy atom. The Hall–Kier alpha value is -4.43. The lowest BCUT2D eigenvalue weighted by Gasteiger charge is -2.27. The Bertz CT molecular complexity index is 1990. The van der Waals surface area contributed by atoms with Crippen LogP contribution < -0.4 is 19.6 Å². The molecule has 1 aliphatic rings. The molecule has 0 saturated heterocycles. The molecule has 0 bridgehead atoms. The van der Waals surface area contributed by atoms with Gasteiger partial charge in [0.1, 0.15) is 11.8 Å². The van der Waals surface area contributed by atoms with Crippen molar-refractivity contribution in [3.05, 3.63) is 108 Å². The van der Waals surface area contributed by atoms with Crippen molar-refractivity contribution < 1.29 is 14.3 Å². The number of fused-ring (bicyclic) bond motifs is 3. The van der Waals surface area contributed by atoms with Gasteiger partial charge in [-0.1, -0.05) is 59.9 Å². The van der Waals surface area contributed by atoms with Crippen LogP contribution in [0.2, 0.25) is 0 Å². The third-order valence-corrected chi connectivity index (χ3v) is 8.14. The summed E-state index contributed by atoms with van der Waals surface area (Å²) < 4.78 is 13.4. The number of hydrogen-bond acceptors (Lipinski definition) is 6. The highest BCUT2D eigenvalue weighted by atomic mass is 32.1. The number of carbonyl (C=O) groups excluding carboxylic acids is 1. The number of methoxy groups -OCH3 is 1. The zero-order valence-corrected chi connectivity index (χ0v) is 22.9. The average molecular weight is 538 g/mol. The van der Waals surface area contributed by atoms with Gasteiger partial charge < -0.3 is 14.5 Å². The molecular formula is C31H27N3O4S. The SMILES string of the molecule is CCOC(=O)C1=C(C)N=c2s/c(=C\c3c(C)[nH]c4ccccc34)c(=O)n2C1c1c(OC)ccc2ccccc12. The number of ether oxygens (including phenoxy) is 2. The summed E-state index contributed by atoms with van der Waals surface area (Å²) in [5.41, 5.74) is 4.28. The molecule has 0 radical (unpaired) electrons. The second-order valence-corrected chi connectivity index (χ2v) is 10.4. The van der Waals surface area contributed by atoms with E-state index in [0.29, 0.717) is 26.4 Å². The first-order valence-electron chi connectivity index (χ1n) is 12.8. The number of esters is 1. The number of H-pyrrole nitrogens is 1. The summed E-state index contributed by atoms with van der Waals surface area (Å²) in [5.74, 6) is 0.0812. The number of benzene rings is 3. The molecule has 1 atom stereocenters. The van der Waals surface area contributed by atoms with Gasteiger partial charge in [-0.2, -0.15) is 0 Å². The Balaban J connectivity index is 1.68. The van der Waals surface area contributed by atoms with Crippen molar-refractivity contribution in [2.24, 2.45) is 4.99 Å². The Labute approximate surface area is 228 Å². The van der Waals surface area contributed by atoms with E-state index in [1.807, 2.05) is 73.7 Å². The maximum atomic E-state index is 14.2. The molecule has 2 aromatic heterocycles. The predicted molar refractivity (Wildman–Crippen MR) is 154 cm³/mol. The highest BCUT2D eigenvalue weighted by Gasteiger charge is 2.36. The van der Waals surface area contributed by atoms with Crippen LogP contribution in [0.25, 0.3) is 27.8 Å². The van der Waals surface area contributed by atoms with Gasteiger partial charge in [-0.25, -0.2) is 9.79 Å². The van der Waals surface area contributed by atoms with E-state index in [2.05, 4.69) is 4.98 Å². The summed E-state index contributed by atoms with van der Waals surface area (Å²) in [6, 6.07) is 19.0. The molecule has 3 aromatic carbocycles. The molecule has 0 fully saturated rings. The van der Waals surface area contributed by atoms with Crippen molar-refractivity contribution in [2.75, 3.05) is 13.7 Å². The molecule has 196 valence electrons. The van der Waals surface area contributed by atoms with Gasteiger partial charge in [-0.3, -0.25) is 9.36 Å². The molecule has 8 heteroatoms. The Morgan fingerprint density at radius 1 is 1.08 bits per heavy atom. The molecule has 1 aliphatic heterocycles. The minimum atomic E-state index is -0.771. The third-order valence-electron chi connectivity index (χ3n) is 7.16. The van der Waals surface area contributed by atoms with Gasteiger partial charge in [-0.15, -0.1) is 0 Å². The van der Waals surface area contributed by atoms with E-state index in [-0.39, 0.29) is 12.2 Å². The highest BCUT2D eigenvalue weighted by molar-refractivity contribution is 7.07. The first-order chi connectivity index (χ1) is 18.9. The summed E-state index contributed by atoms with van der Waals surface area (Å²) in [6.07, 6.45) is 1.92. The number of allylic oxidation sites excluding steroid dienone is 1. The lowest BCUT2D eigenvalue weighted by molar-refractivity contribution is -0.139. The number of aryl methyl sites for hydroxylation is 1. The van der Waals surface area contributed by atoms with E-state index in [1.165, 1.54) is 11.3 Å². The van der Waals surface area contributed by atoms with E-state index in [4.69, 9.17) is 14.5 Å². The minimum absolute atomic E-state index is 0.208. The van der Waals surface area contributed by atoms with Crippen LogP contribution in [0.4, 0.5) is 0 Å². The summed E-state index contributed by atoms with van der Waals surface area (Å²) in [7, 11) is 1.59. The maximum absolute atomic E-state index is 14.2. The molecule has 1 unspecified atom stereocenters. The second kappa shape index (κ2) is 9.71. The molecular weight excluding hydrogens is 510 g/mol. The normalized spacial score (nSPS) is 15.5. The molecule has 3 heterocycles. The number of carbonyl (C=O) groups is 1. The number of thiazole rings is 1. The number of hydrogen-bond donors (Lipinski definition) is 1. The largest absolute Gasteiger partial charge is 0.496 e. The van der Waals surface area contributed by atoms with Crippen molar-refractivity contribution in [3.63, 3.8) is 0 Å². The van der Waals surface area contributed by atoms with Crippen LogP contribution in [0.3, 0.4) is 0 Å². The molecule has 0 amide bonds.